The Bertz CT molecular complexity index is 702. The van der Waals surface area contributed by atoms with E-state index in [-0.39, 0.29) is 0 Å². The van der Waals surface area contributed by atoms with Crippen LogP contribution < -0.4 is 5.19 Å². The summed E-state index contributed by atoms with van der Waals surface area (Å²) in [5, 5.41) is 2.84. The van der Waals surface area contributed by atoms with Gasteiger partial charge in [-0.3, -0.25) is 0 Å². The summed E-state index contributed by atoms with van der Waals surface area (Å²) in [5.41, 5.74) is 2.16. The van der Waals surface area contributed by atoms with Gasteiger partial charge in [-0.05, 0) is 29.5 Å². The predicted octanol–water partition coefficient (Wildman–Crippen LogP) is 4.65. The molecule has 1 nitrogen and oxygen atoms in total. The zero-order valence-electron chi connectivity index (χ0n) is 13.2. The van der Waals surface area contributed by atoms with Crippen molar-refractivity contribution in [3.8, 4) is 0 Å². The number of nitrogens with zero attached hydrogens (tertiary/aromatic N) is 1. The molecule has 1 aromatic heterocycles. The van der Waals surface area contributed by atoms with Crippen LogP contribution in [0, 0.1) is 0 Å². The van der Waals surface area contributed by atoms with Crippen LogP contribution in [0.15, 0.2) is 66.9 Å². The van der Waals surface area contributed by atoms with E-state index in [1.807, 2.05) is 0 Å². The van der Waals surface area contributed by atoms with E-state index in [4.69, 9.17) is 0 Å². The molecule has 0 bridgehead atoms. The highest BCUT2D eigenvalue weighted by Gasteiger charge is 2.05. The van der Waals surface area contributed by atoms with Crippen LogP contribution in [-0.4, -0.2) is 14.1 Å². The van der Waals surface area contributed by atoms with E-state index >= 15 is 0 Å². The molecule has 1 unspecified atom stereocenters. The zero-order chi connectivity index (χ0) is 15.2. The Labute approximate surface area is 135 Å². The Kier molecular flexibility index (Phi) is 5.12. The molecule has 1 heterocycles. The van der Waals surface area contributed by atoms with Gasteiger partial charge in [-0.2, -0.15) is 0 Å². The van der Waals surface area contributed by atoms with Crippen LogP contribution in [0.1, 0.15) is 26.2 Å². The molecule has 2 heteroatoms. The molecule has 0 amide bonds. The molecule has 1 atom stereocenters. The van der Waals surface area contributed by atoms with Crippen LogP contribution in [-0.2, 0) is 6.54 Å². The smallest absolute Gasteiger partial charge is 0.0839 e. The summed E-state index contributed by atoms with van der Waals surface area (Å²) in [6.45, 7) is 3.52. The molecule has 0 N–H and O–H groups in total. The molecule has 0 aliphatic carbocycles. The van der Waals surface area contributed by atoms with E-state index in [2.05, 4.69) is 78.4 Å². The highest BCUT2D eigenvalue weighted by molar-refractivity contribution is 6.54. The largest absolute Gasteiger partial charge is 0.347 e. The summed E-state index contributed by atoms with van der Waals surface area (Å²) in [6, 6.07) is 21.7. The van der Waals surface area contributed by atoms with Gasteiger partial charge < -0.3 is 4.57 Å². The molecule has 2 radical (unpaired) electrons. The number of unbranched alkanes of at least 4 members (excludes halogenated alkanes) is 1. The maximum absolute atomic E-state index is 2.39. The lowest BCUT2D eigenvalue weighted by molar-refractivity contribution is 0.592. The Balaban J connectivity index is 1.43. The fourth-order valence-corrected chi connectivity index (χ4v) is 4.26. The Morgan fingerprint density at radius 1 is 0.909 bits per heavy atom. The van der Waals surface area contributed by atoms with Gasteiger partial charge >= 0.3 is 0 Å². The van der Waals surface area contributed by atoms with Crippen molar-refractivity contribution in [3.05, 3.63) is 66.9 Å². The number of hydrogen-bond donors (Lipinski definition) is 0. The van der Waals surface area contributed by atoms with Gasteiger partial charge in [-0.25, -0.2) is 0 Å². The van der Waals surface area contributed by atoms with Crippen molar-refractivity contribution < 1.29 is 0 Å². The first kappa shape index (κ1) is 15.1. The molecular formula is C20H23NSi. The summed E-state index contributed by atoms with van der Waals surface area (Å²) < 4.78 is 2.39. The molecule has 22 heavy (non-hydrogen) atoms. The first-order chi connectivity index (χ1) is 10.8. The van der Waals surface area contributed by atoms with Gasteiger partial charge in [0.05, 0.1) is 9.52 Å². The van der Waals surface area contributed by atoms with Crippen molar-refractivity contribution in [2.24, 2.45) is 0 Å². The minimum atomic E-state index is 0.795. The summed E-state index contributed by atoms with van der Waals surface area (Å²) >= 11 is 0. The van der Waals surface area contributed by atoms with Gasteiger partial charge in [0.25, 0.3) is 0 Å². The summed E-state index contributed by atoms with van der Waals surface area (Å²) in [5.74, 6) is 0. The molecule has 3 rings (SSSR count). The normalized spacial score (nSPS) is 12.6. The first-order valence-corrected chi connectivity index (χ1v) is 9.26. The summed E-state index contributed by atoms with van der Waals surface area (Å²) in [4.78, 5) is 0. The van der Waals surface area contributed by atoms with Crippen LogP contribution in [0.4, 0.5) is 0 Å². The molecule has 0 aliphatic rings. The van der Waals surface area contributed by atoms with E-state index in [1.165, 1.54) is 35.4 Å². The molecule has 0 spiro atoms. The maximum Gasteiger partial charge on any atom is 0.0839 e. The fraction of sp³-hybridized carbons (Fsp3) is 0.300. The third-order valence-electron chi connectivity index (χ3n) is 4.15. The topological polar surface area (TPSA) is 4.93 Å². The second kappa shape index (κ2) is 7.46. The molecule has 3 aromatic rings. The second-order valence-electron chi connectivity index (χ2n) is 5.98. The minimum absolute atomic E-state index is 0.795. The monoisotopic (exact) mass is 305 g/mol. The predicted molar refractivity (Wildman–Crippen MR) is 97.0 cm³/mol. The average molecular weight is 305 g/mol. The number of fused-ring (bicyclic) bond motifs is 1. The van der Waals surface area contributed by atoms with E-state index in [0.717, 1.165) is 21.6 Å². The van der Waals surface area contributed by atoms with E-state index in [1.54, 1.807) is 0 Å². The van der Waals surface area contributed by atoms with Crippen LogP contribution in [0.25, 0.3) is 10.9 Å². The van der Waals surface area contributed by atoms with Gasteiger partial charge in [0.1, 0.15) is 0 Å². The van der Waals surface area contributed by atoms with E-state index in [0.29, 0.717) is 0 Å². The lowest BCUT2D eigenvalue weighted by Gasteiger charge is -2.11. The summed E-state index contributed by atoms with van der Waals surface area (Å²) in [6.07, 6.45) is 6.13. The van der Waals surface area contributed by atoms with Crippen molar-refractivity contribution >= 4 is 25.6 Å². The van der Waals surface area contributed by atoms with Gasteiger partial charge in [0.15, 0.2) is 0 Å². The first-order valence-electron chi connectivity index (χ1n) is 8.18. The number of aryl methyl sites for hydroxylation is 1. The number of aromatic nitrogens is 1. The van der Waals surface area contributed by atoms with E-state index < -0.39 is 0 Å². The molecule has 112 valence electrons. The van der Waals surface area contributed by atoms with Gasteiger partial charge in [0.2, 0.25) is 0 Å². The Morgan fingerprint density at radius 2 is 1.68 bits per heavy atom. The van der Waals surface area contributed by atoms with Gasteiger partial charge in [0, 0.05) is 18.3 Å². The number of para-hydroxylation sites is 1. The van der Waals surface area contributed by atoms with Crippen LogP contribution in [0.2, 0.25) is 5.54 Å². The average Bonchev–Trinajstić information content (AvgIpc) is 2.96. The lowest BCUT2D eigenvalue weighted by Crippen LogP contribution is -2.17. The Morgan fingerprint density at radius 3 is 2.55 bits per heavy atom. The van der Waals surface area contributed by atoms with Gasteiger partial charge in [-0.15, -0.1) is 0 Å². The highest BCUT2D eigenvalue weighted by Crippen LogP contribution is 2.17. The van der Waals surface area contributed by atoms with Gasteiger partial charge in [-0.1, -0.05) is 73.5 Å². The van der Waals surface area contributed by atoms with Crippen LogP contribution in [0.5, 0.6) is 0 Å². The van der Waals surface area contributed by atoms with Crippen molar-refractivity contribution in [1.82, 2.24) is 4.57 Å². The standard InChI is InChI=1S/C20H23NSi/c1-17(22-19-11-3-2-4-12-19)9-7-8-15-21-16-14-18-10-5-6-13-20(18)21/h2-6,10-14,16-17H,7-9,15H2,1H3. The van der Waals surface area contributed by atoms with Crippen LogP contribution >= 0.6 is 0 Å². The second-order valence-corrected chi connectivity index (χ2v) is 7.83. The SMILES string of the molecule is CC(CCCCn1ccc2ccccc21)[Si]c1ccccc1. The molecular weight excluding hydrogens is 282 g/mol. The Hall–Kier alpha value is -1.80. The van der Waals surface area contributed by atoms with Crippen molar-refractivity contribution in [2.45, 2.75) is 38.3 Å². The molecule has 2 aromatic carbocycles. The lowest BCUT2D eigenvalue weighted by atomic mass is 10.2. The maximum atomic E-state index is 2.39. The molecule has 0 saturated heterocycles. The van der Waals surface area contributed by atoms with Crippen molar-refractivity contribution in [3.63, 3.8) is 0 Å². The van der Waals surface area contributed by atoms with Crippen LogP contribution in [0.3, 0.4) is 0 Å². The summed E-state index contributed by atoms with van der Waals surface area (Å²) in [7, 11) is 0.940. The van der Waals surface area contributed by atoms with E-state index in [9.17, 15) is 0 Å². The van der Waals surface area contributed by atoms with Crippen molar-refractivity contribution in [2.75, 3.05) is 0 Å². The molecule has 0 saturated carbocycles. The van der Waals surface area contributed by atoms with Crippen molar-refractivity contribution in [1.29, 1.82) is 0 Å². The third-order valence-corrected chi connectivity index (χ3v) is 5.60. The number of rotatable bonds is 7. The number of hydrogen-bond acceptors (Lipinski definition) is 0. The molecule has 0 fully saturated rings. The minimum Gasteiger partial charge on any atom is -0.347 e. The highest BCUT2D eigenvalue weighted by atomic mass is 28.2. The quantitative estimate of drug-likeness (QED) is 0.442. The zero-order valence-corrected chi connectivity index (χ0v) is 14.2. The fourth-order valence-electron chi connectivity index (χ4n) is 2.96. The molecule has 0 aliphatic heterocycles. The third kappa shape index (κ3) is 3.89. The number of benzene rings is 2.